The lowest BCUT2D eigenvalue weighted by Gasteiger charge is -2.52. The highest BCUT2D eigenvalue weighted by Gasteiger charge is 2.56. The molecule has 1 aromatic rings. The van der Waals surface area contributed by atoms with Crippen molar-refractivity contribution >= 4 is 5.97 Å². The van der Waals surface area contributed by atoms with E-state index in [1.165, 1.54) is 30.3 Å². The number of hydrogen-bond donors (Lipinski definition) is 8. The smallest absolute Gasteiger partial charge is 0.338 e. The lowest BCUT2D eigenvalue weighted by Crippen LogP contribution is -2.63. The van der Waals surface area contributed by atoms with Gasteiger partial charge in [0.2, 0.25) is 0 Å². The Morgan fingerprint density at radius 2 is 1.76 bits per heavy atom. The van der Waals surface area contributed by atoms with Crippen LogP contribution in [0.1, 0.15) is 50.9 Å². The summed E-state index contributed by atoms with van der Waals surface area (Å²) in [6.45, 7) is 5.31. The fourth-order valence-electron chi connectivity index (χ4n) is 6.26. The van der Waals surface area contributed by atoms with Crippen LogP contribution in [-0.4, -0.2) is 133 Å². The summed E-state index contributed by atoms with van der Waals surface area (Å²) in [5.41, 5.74) is -3.99. The maximum atomic E-state index is 12.4. The van der Waals surface area contributed by atoms with Crippen molar-refractivity contribution in [2.24, 2.45) is 11.3 Å². The van der Waals surface area contributed by atoms with Crippen molar-refractivity contribution in [1.29, 1.82) is 0 Å². The van der Waals surface area contributed by atoms with Gasteiger partial charge in [-0.25, -0.2) is 4.79 Å². The maximum absolute atomic E-state index is 12.4. The van der Waals surface area contributed by atoms with Crippen molar-refractivity contribution in [3.63, 3.8) is 0 Å². The number of carbonyl (C=O) groups excluding carboxylic acids is 1. The van der Waals surface area contributed by atoms with Crippen molar-refractivity contribution in [2.45, 2.75) is 107 Å². The second kappa shape index (κ2) is 13.9. The van der Waals surface area contributed by atoms with Gasteiger partial charge in [-0.2, -0.15) is 0 Å². The number of aliphatic hydroxyl groups is 7. The van der Waals surface area contributed by atoms with E-state index >= 15 is 0 Å². The van der Waals surface area contributed by atoms with Gasteiger partial charge in [0.1, 0.15) is 42.9 Å². The second-order valence-electron chi connectivity index (χ2n) is 13.1. The first-order valence-electron chi connectivity index (χ1n) is 15.0. The minimum Gasteiger partial charge on any atom is -0.508 e. The van der Waals surface area contributed by atoms with Crippen molar-refractivity contribution in [3.8, 4) is 5.75 Å². The van der Waals surface area contributed by atoms with Gasteiger partial charge >= 0.3 is 5.97 Å². The van der Waals surface area contributed by atoms with Crippen molar-refractivity contribution in [3.05, 3.63) is 42.0 Å². The summed E-state index contributed by atoms with van der Waals surface area (Å²) >= 11 is 0. The van der Waals surface area contributed by atoms with Crippen LogP contribution in [0.2, 0.25) is 0 Å². The van der Waals surface area contributed by atoms with E-state index in [2.05, 4.69) is 0 Å². The Bertz CT molecular complexity index is 1170. The quantitative estimate of drug-likeness (QED) is 0.117. The Labute approximate surface area is 261 Å². The highest BCUT2D eigenvalue weighted by atomic mass is 16.8. The van der Waals surface area contributed by atoms with Crippen LogP contribution in [0, 0.1) is 11.3 Å². The van der Waals surface area contributed by atoms with Gasteiger partial charge in [-0.15, -0.1) is 0 Å². The first-order chi connectivity index (χ1) is 21.0. The molecule has 3 fully saturated rings. The third-order valence-electron chi connectivity index (χ3n) is 9.12. The Hall–Kier alpha value is -2.21. The van der Waals surface area contributed by atoms with Gasteiger partial charge in [-0.05, 0) is 55.4 Å². The van der Waals surface area contributed by atoms with Gasteiger partial charge < -0.3 is 64.5 Å². The van der Waals surface area contributed by atoms with E-state index in [1.54, 1.807) is 13.0 Å². The zero-order valence-electron chi connectivity index (χ0n) is 25.8. The summed E-state index contributed by atoms with van der Waals surface area (Å²) in [4.78, 5) is 12.4. The Morgan fingerprint density at radius 3 is 2.36 bits per heavy atom. The van der Waals surface area contributed by atoms with Crippen molar-refractivity contribution < 1.29 is 69.3 Å². The van der Waals surface area contributed by atoms with Gasteiger partial charge in [0.15, 0.2) is 18.2 Å². The molecule has 14 heteroatoms. The number of carbonyl (C=O) groups is 1. The first-order valence-corrected chi connectivity index (χ1v) is 15.0. The SMILES string of the molecule is C[C@@H]1C[C@H](O[C@@H]2O[C@H](CO)[C@@H](O)[C@H](O)[C@H]2O[C@@H]2OC[C@](O)(COC(=O)c3ccc(O)cc3)[C@H]2O)CC(C)(C)[C@@]1(O)/C=C/[C@@H](C)O. The molecule has 12 atom stereocenters. The van der Waals surface area contributed by atoms with E-state index in [1.807, 2.05) is 20.8 Å². The maximum Gasteiger partial charge on any atom is 0.338 e. The first kappa shape index (κ1) is 35.6. The number of aromatic hydroxyl groups is 1. The summed E-state index contributed by atoms with van der Waals surface area (Å²) in [5.74, 6) is -1.21. The molecule has 0 radical (unpaired) electrons. The molecule has 3 aliphatic rings. The summed E-state index contributed by atoms with van der Waals surface area (Å²) in [6.07, 6.45) is -8.15. The summed E-state index contributed by atoms with van der Waals surface area (Å²) in [7, 11) is 0. The molecule has 1 aliphatic carbocycles. The number of esters is 1. The molecule has 1 aromatic carbocycles. The number of ether oxygens (including phenoxy) is 5. The van der Waals surface area contributed by atoms with Gasteiger partial charge in [-0.1, -0.05) is 32.9 Å². The summed E-state index contributed by atoms with van der Waals surface area (Å²) < 4.78 is 28.5. The topological polar surface area (TPSA) is 225 Å². The predicted octanol–water partition coefficient (Wildman–Crippen LogP) is -0.669. The molecule has 2 heterocycles. The summed E-state index contributed by atoms with van der Waals surface area (Å²) in [6, 6.07) is 5.23. The number of rotatable bonds is 10. The van der Waals surface area contributed by atoms with Crippen LogP contribution in [0.25, 0.3) is 0 Å². The molecule has 254 valence electrons. The molecule has 2 aliphatic heterocycles. The lowest BCUT2D eigenvalue weighted by molar-refractivity contribution is -0.348. The average Bonchev–Trinajstić information content (AvgIpc) is 3.26. The van der Waals surface area contributed by atoms with Crippen LogP contribution in [-0.2, 0) is 23.7 Å². The highest BCUT2D eigenvalue weighted by Crippen LogP contribution is 2.49. The molecular formula is C31H46O14. The molecule has 2 saturated heterocycles. The van der Waals surface area contributed by atoms with E-state index in [0.29, 0.717) is 12.8 Å². The van der Waals surface area contributed by atoms with Gasteiger partial charge in [0.25, 0.3) is 0 Å². The van der Waals surface area contributed by atoms with E-state index in [4.69, 9.17) is 23.7 Å². The minimum atomic E-state index is -2.09. The molecule has 0 aromatic heterocycles. The molecule has 45 heavy (non-hydrogen) atoms. The van der Waals surface area contributed by atoms with E-state index in [0.717, 1.165) is 0 Å². The molecule has 0 amide bonds. The standard InChI is InChI=1S/C31H46O14/c1-16-11-20(12-29(3,4)31(16,40)10-9-17(2)33)43-27-24(23(36)22(35)21(13-32)44-27)45-28-25(37)30(39,15-42-28)14-41-26(38)18-5-7-19(34)8-6-18/h5-10,16-17,20-25,27-28,32-37,39-40H,11-15H2,1-4H3/b10-9+/t16-,17-,20+,21-,22-,23+,24-,25+,27-,28+,30-,31-/m1/s1. The third-order valence-corrected chi connectivity index (χ3v) is 9.12. The summed E-state index contributed by atoms with van der Waals surface area (Å²) in [5, 5.41) is 84.0. The molecule has 0 unspecified atom stereocenters. The third kappa shape index (κ3) is 7.52. The van der Waals surface area contributed by atoms with Crippen molar-refractivity contribution in [2.75, 3.05) is 19.8 Å². The molecule has 8 N–H and O–H groups in total. The molecule has 1 saturated carbocycles. The number of aliphatic hydroxyl groups excluding tert-OH is 5. The van der Waals surface area contributed by atoms with E-state index in [-0.39, 0.29) is 17.2 Å². The van der Waals surface area contributed by atoms with Gasteiger partial charge in [-0.3, -0.25) is 0 Å². The fraction of sp³-hybridized carbons (Fsp3) is 0.710. The van der Waals surface area contributed by atoms with E-state index < -0.39 is 97.7 Å². The second-order valence-corrected chi connectivity index (χ2v) is 13.1. The van der Waals surface area contributed by atoms with Crippen LogP contribution in [0.15, 0.2) is 36.4 Å². The molecule has 14 nitrogen and oxygen atoms in total. The predicted molar refractivity (Wildman–Crippen MR) is 155 cm³/mol. The normalized spacial score (nSPS) is 40.8. The molecule has 0 spiro atoms. The van der Waals surface area contributed by atoms with Gasteiger partial charge in [0, 0.05) is 0 Å². The fourth-order valence-corrected chi connectivity index (χ4v) is 6.26. The number of hydrogen-bond acceptors (Lipinski definition) is 14. The Morgan fingerprint density at radius 1 is 1.09 bits per heavy atom. The zero-order chi connectivity index (χ0) is 33.3. The lowest BCUT2D eigenvalue weighted by atomic mass is 9.59. The Kier molecular flexibility index (Phi) is 11.0. The molecule has 4 rings (SSSR count). The molecular weight excluding hydrogens is 596 g/mol. The molecule has 0 bridgehead atoms. The number of phenolic OH excluding ortho intramolecular Hbond substituents is 1. The zero-order valence-corrected chi connectivity index (χ0v) is 25.8. The average molecular weight is 643 g/mol. The Balaban J connectivity index is 1.46. The van der Waals surface area contributed by atoms with Crippen LogP contribution in [0.5, 0.6) is 5.75 Å². The van der Waals surface area contributed by atoms with Crippen LogP contribution in [0.3, 0.4) is 0 Å². The van der Waals surface area contributed by atoms with Gasteiger partial charge in [0.05, 0.1) is 36.6 Å². The minimum absolute atomic E-state index is 0.0514. The number of phenols is 1. The van der Waals surface area contributed by atoms with Crippen LogP contribution >= 0.6 is 0 Å². The highest BCUT2D eigenvalue weighted by molar-refractivity contribution is 5.89. The van der Waals surface area contributed by atoms with Crippen LogP contribution < -0.4 is 0 Å². The van der Waals surface area contributed by atoms with Crippen molar-refractivity contribution in [1.82, 2.24) is 0 Å². The van der Waals surface area contributed by atoms with Crippen LogP contribution in [0.4, 0.5) is 0 Å². The van der Waals surface area contributed by atoms with E-state index in [9.17, 15) is 45.6 Å². The largest absolute Gasteiger partial charge is 0.508 e. The number of benzene rings is 1. The monoisotopic (exact) mass is 642 g/mol.